The van der Waals surface area contributed by atoms with Crippen molar-refractivity contribution >= 4 is 10.1 Å². The second kappa shape index (κ2) is 7.48. The zero-order chi connectivity index (χ0) is 15.3. The van der Waals surface area contributed by atoms with E-state index in [1.165, 1.54) is 0 Å². The maximum Gasteiger partial charge on any atom is 0.170 e. The van der Waals surface area contributed by atoms with Crippen molar-refractivity contribution in [3.8, 4) is 0 Å². The van der Waals surface area contributed by atoms with Gasteiger partial charge in [0.05, 0.1) is 18.8 Å². The lowest BCUT2D eigenvalue weighted by Crippen LogP contribution is -2.56. The number of hydrogen-bond donors (Lipinski definition) is 5. The van der Waals surface area contributed by atoms with Crippen molar-refractivity contribution in [2.24, 2.45) is 5.92 Å². The summed E-state index contributed by atoms with van der Waals surface area (Å²) in [6.07, 6.45) is -1.47. The van der Waals surface area contributed by atoms with E-state index in [-0.39, 0.29) is 5.92 Å². The van der Waals surface area contributed by atoms with E-state index < -0.39 is 47.0 Å². The number of aliphatic hydroxyl groups excluding tert-OH is 4. The van der Waals surface area contributed by atoms with Crippen LogP contribution in [0.4, 0.5) is 0 Å². The van der Waals surface area contributed by atoms with E-state index in [1.54, 1.807) is 0 Å². The van der Waals surface area contributed by atoms with E-state index in [2.05, 4.69) is 5.32 Å². The molecule has 0 heterocycles. The second-order valence-corrected chi connectivity index (χ2v) is 6.49. The molecule has 0 saturated carbocycles. The SMILES string of the molecule is CC(C)CC(CO)(CO)NCC(O)C(O)S(=O)(=O)[O-]. The summed E-state index contributed by atoms with van der Waals surface area (Å²) >= 11 is 0. The molecule has 0 aromatic carbocycles. The van der Waals surface area contributed by atoms with Gasteiger partial charge in [-0.15, -0.1) is 0 Å². The fraction of sp³-hybridized carbons (Fsp3) is 1.00. The molecular formula is C10H22NO7S-. The second-order valence-electron chi connectivity index (χ2n) is 5.03. The lowest BCUT2D eigenvalue weighted by molar-refractivity contribution is 0.0305. The molecule has 0 saturated heterocycles. The maximum atomic E-state index is 10.5. The summed E-state index contributed by atoms with van der Waals surface area (Å²) in [6.45, 7) is 2.39. The van der Waals surface area contributed by atoms with Crippen molar-refractivity contribution < 1.29 is 33.4 Å². The molecule has 0 rings (SSSR count). The molecule has 8 nitrogen and oxygen atoms in total. The van der Waals surface area contributed by atoms with Gasteiger partial charge in [-0.1, -0.05) is 13.8 Å². The van der Waals surface area contributed by atoms with Crippen molar-refractivity contribution in [3.05, 3.63) is 0 Å². The molecule has 0 aliphatic carbocycles. The number of β-amino-alcohol motifs (C(OH)–C–C–N with tert-alkyl or cyclic N) is 1. The molecule has 0 bridgehead atoms. The molecule has 19 heavy (non-hydrogen) atoms. The Morgan fingerprint density at radius 2 is 1.68 bits per heavy atom. The third kappa shape index (κ3) is 6.13. The minimum absolute atomic E-state index is 0.122. The van der Waals surface area contributed by atoms with Gasteiger partial charge in [0.2, 0.25) is 0 Å². The minimum atomic E-state index is -5.02. The number of aliphatic hydroxyl groups is 4. The first-order valence-electron chi connectivity index (χ1n) is 5.85. The molecule has 0 radical (unpaired) electrons. The smallest absolute Gasteiger partial charge is 0.170 e. The van der Waals surface area contributed by atoms with E-state index >= 15 is 0 Å². The lowest BCUT2D eigenvalue weighted by atomic mass is 9.90. The van der Waals surface area contributed by atoms with Crippen molar-refractivity contribution in [1.29, 1.82) is 0 Å². The zero-order valence-corrected chi connectivity index (χ0v) is 11.8. The summed E-state index contributed by atoms with van der Waals surface area (Å²) in [7, 11) is -5.02. The summed E-state index contributed by atoms with van der Waals surface area (Å²) in [5.74, 6) is 0.122. The summed E-state index contributed by atoms with van der Waals surface area (Å²) in [4.78, 5) is 0. The van der Waals surface area contributed by atoms with E-state index in [0.717, 1.165) is 0 Å². The van der Waals surface area contributed by atoms with E-state index in [9.17, 15) is 28.3 Å². The highest BCUT2D eigenvalue weighted by Gasteiger charge is 2.31. The highest BCUT2D eigenvalue weighted by molar-refractivity contribution is 7.86. The van der Waals surface area contributed by atoms with Crippen LogP contribution in [0.15, 0.2) is 0 Å². The monoisotopic (exact) mass is 300 g/mol. The predicted octanol–water partition coefficient (Wildman–Crippen LogP) is -2.43. The van der Waals surface area contributed by atoms with Crippen LogP contribution in [0.3, 0.4) is 0 Å². The first-order chi connectivity index (χ1) is 8.58. The molecule has 116 valence electrons. The van der Waals surface area contributed by atoms with E-state index in [4.69, 9.17) is 5.11 Å². The van der Waals surface area contributed by atoms with Gasteiger partial charge < -0.3 is 30.3 Å². The average molecular weight is 300 g/mol. The fourth-order valence-electron chi connectivity index (χ4n) is 1.76. The van der Waals surface area contributed by atoms with Gasteiger partial charge in [0.15, 0.2) is 5.44 Å². The van der Waals surface area contributed by atoms with Gasteiger partial charge in [0.25, 0.3) is 0 Å². The summed E-state index contributed by atoms with van der Waals surface area (Å²) in [5, 5.41) is 39.6. The minimum Gasteiger partial charge on any atom is -0.746 e. The van der Waals surface area contributed by atoms with E-state index in [0.29, 0.717) is 6.42 Å². The van der Waals surface area contributed by atoms with Crippen LogP contribution in [0.25, 0.3) is 0 Å². The molecule has 2 atom stereocenters. The third-order valence-corrected chi connectivity index (χ3v) is 3.62. The van der Waals surface area contributed by atoms with Gasteiger partial charge in [-0.25, -0.2) is 8.42 Å². The highest BCUT2D eigenvalue weighted by Crippen LogP contribution is 2.16. The van der Waals surface area contributed by atoms with Crippen molar-refractivity contribution in [3.63, 3.8) is 0 Å². The maximum absolute atomic E-state index is 10.5. The van der Waals surface area contributed by atoms with Crippen LogP contribution in [0.1, 0.15) is 20.3 Å². The quantitative estimate of drug-likeness (QED) is 0.295. The van der Waals surface area contributed by atoms with Crippen molar-refractivity contribution in [1.82, 2.24) is 5.32 Å². The Morgan fingerprint density at radius 3 is 2.00 bits per heavy atom. The third-order valence-electron chi connectivity index (χ3n) is 2.72. The fourth-order valence-corrected chi connectivity index (χ4v) is 2.24. The van der Waals surface area contributed by atoms with Gasteiger partial charge >= 0.3 is 0 Å². The summed E-state index contributed by atoms with van der Waals surface area (Å²) in [5.41, 5.74) is -3.56. The predicted molar refractivity (Wildman–Crippen MR) is 66.1 cm³/mol. The molecule has 0 amide bonds. The summed E-state index contributed by atoms with van der Waals surface area (Å²) < 4.78 is 31.6. The van der Waals surface area contributed by atoms with Gasteiger partial charge in [-0.2, -0.15) is 0 Å². The molecule has 0 spiro atoms. The Balaban J connectivity index is 4.64. The Labute approximate surface area is 112 Å². The Hall–Kier alpha value is -0.290. The highest BCUT2D eigenvalue weighted by atomic mass is 32.2. The molecule has 0 fully saturated rings. The molecule has 5 N–H and O–H groups in total. The molecule has 0 aromatic rings. The van der Waals surface area contributed by atoms with Crippen LogP contribution < -0.4 is 5.32 Å². The molecule has 0 aliphatic rings. The number of hydrogen-bond acceptors (Lipinski definition) is 8. The van der Waals surface area contributed by atoms with Gasteiger partial charge in [0, 0.05) is 6.54 Å². The van der Waals surface area contributed by atoms with Crippen LogP contribution in [0.5, 0.6) is 0 Å². The first kappa shape index (κ1) is 18.7. The average Bonchev–Trinajstić information content (AvgIpc) is 2.31. The number of nitrogens with one attached hydrogen (secondary N) is 1. The van der Waals surface area contributed by atoms with Crippen molar-refractivity contribution in [2.45, 2.75) is 37.3 Å². The molecule has 0 aliphatic heterocycles. The zero-order valence-electron chi connectivity index (χ0n) is 11.0. The Kier molecular flexibility index (Phi) is 7.37. The lowest BCUT2D eigenvalue weighted by Gasteiger charge is -2.34. The van der Waals surface area contributed by atoms with Crippen LogP contribution in [-0.4, -0.2) is 70.2 Å². The standard InChI is InChI=1S/C10H23NO7S/c1-7(2)3-10(5-12,6-13)11-4-8(14)9(15)19(16,17)18/h7-9,11-15H,3-6H2,1-2H3,(H,16,17,18)/p-1. The van der Waals surface area contributed by atoms with Crippen LogP contribution in [-0.2, 0) is 10.1 Å². The largest absolute Gasteiger partial charge is 0.746 e. The molecule has 2 unspecified atom stereocenters. The van der Waals surface area contributed by atoms with Gasteiger partial charge in [-0.05, 0) is 12.3 Å². The van der Waals surface area contributed by atoms with Gasteiger partial charge in [0.1, 0.15) is 16.2 Å². The topological polar surface area (TPSA) is 150 Å². The molecule has 0 aromatic heterocycles. The molecular weight excluding hydrogens is 278 g/mol. The van der Waals surface area contributed by atoms with Crippen LogP contribution in [0.2, 0.25) is 0 Å². The molecule has 9 heteroatoms. The van der Waals surface area contributed by atoms with Crippen LogP contribution >= 0.6 is 0 Å². The first-order valence-corrected chi connectivity index (χ1v) is 7.32. The number of rotatable bonds is 9. The van der Waals surface area contributed by atoms with Crippen molar-refractivity contribution in [2.75, 3.05) is 19.8 Å². The Morgan fingerprint density at radius 1 is 1.21 bits per heavy atom. The van der Waals surface area contributed by atoms with E-state index in [1.807, 2.05) is 13.8 Å². The van der Waals surface area contributed by atoms with Crippen LogP contribution in [0, 0.1) is 5.92 Å². The Bertz CT molecular complexity index is 353. The normalized spacial score (nSPS) is 16.6. The van der Waals surface area contributed by atoms with Gasteiger partial charge in [-0.3, -0.25) is 0 Å². The summed E-state index contributed by atoms with van der Waals surface area (Å²) in [6, 6.07) is 0.